The molecule has 0 amide bonds. The number of carboxylic acids is 1. The highest BCUT2D eigenvalue weighted by Crippen LogP contribution is 2.39. The Morgan fingerprint density at radius 3 is 2.23 bits per heavy atom. The molecule has 1 unspecified atom stereocenters. The van der Waals surface area contributed by atoms with Crippen LogP contribution < -0.4 is 0 Å². The summed E-state index contributed by atoms with van der Waals surface area (Å²) < 4.78 is 13.4. The van der Waals surface area contributed by atoms with Crippen molar-refractivity contribution in [2.75, 3.05) is 0 Å². The minimum absolute atomic E-state index is 0.146. The Hall–Kier alpha value is -3.02. The summed E-state index contributed by atoms with van der Waals surface area (Å²) in [5.41, 5.74) is 3.32. The number of carboxylic acid groups (broad SMARTS) is 1. The normalized spacial score (nSPS) is 11.9. The fourth-order valence-electron chi connectivity index (χ4n) is 3.36. The maximum atomic E-state index is 13.4. The molecular weight excluding hydrogens is 421 g/mol. The Balaban J connectivity index is 1.87. The predicted molar refractivity (Wildman–Crippen MR) is 118 cm³/mol. The van der Waals surface area contributed by atoms with Gasteiger partial charge in [0, 0.05) is 15.5 Å². The molecule has 1 atom stereocenters. The van der Waals surface area contributed by atoms with Gasteiger partial charge in [0.05, 0.1) is 18.0 Å². The second-order valence-electron chi connectivity index (χ2n) is 6.80. The number of hydrogen-bond donors (Lipinski definition) is 1. The third kappa shape index (κ3) is 4.42. The average molecular weight is 438 g/mol. The zero-order valence-corrected chi connectivity index (χ0v) is 17.3. The minimum atomic E-state index is -0.934. The van der Waals surface area contributed by atoms with E-state index < -0.39 is 5.97 Å². The molecule has 6 heteroatoms. The lowest BCUT2D eigenvalue weighted by atomic mass is 9.92. The molecule has 0 aliphatic heterocycles. The third-order valence-corrected chi connectivity index (χ3v) is 6.10. The number of halogens is 2. The Labute approximate surface area is 182 Å². The molecule has 0 radical (unpaired) electrons. The quantitative estimate of drug-likeness (QED) is 0.379. The van der Waals surface area contributed by atoms with E-state index in [-0.39, 0.29) is 18.2 Å². The molecule has 1 aromatic heterocycles. The van der Waals surface area contributed by atoms with Crippen LogP contribution in [0.25, 0.3) is 11.3 Å². The zero-order valence-electron chi connectivity index (χ0n) is 15.8. The number of carbonyl (C=O) groups is 1. The predicted octanol–water partition coefficient (Wildman–Crippen LogP) is 6.41. The molecule has 0 bridgehead atoms. The van der Waals surface area contributed by atoms with Crippen molar-refractivity contribution < 1.29 is 14.3 Å². The summed E-state index contributed by atoms with van der Waals surface area (Å²) >= 11 is 7.45. The molecule has 3 aromatic carbocycles. The number of thiazole rings is 1. The van der Waals surface area contributed by atoms with Gasteiger partial charge in [-0.05, 0) is 47.5 Å². The van der Waals surface area contributed by atoms with Crippen LogP contribution in [0.3, 0.4) is 0 Å². The molecule has 0 fully saturated rings. The van der Waals surface area contributed by atoms with Gasteiger partial charge in [-0.3, -0.25) is 4.79 Å². The van der Waals surface area contributed by atoms with E-state index in [4.69, 9.17) is 16.6 Å². The van der Waals surface area contributed by atoms with Crippen LogP contribution in [-0.2, 0) is 11.2 Å². The number of aliphatic carboxylic acids is 1. The van der Waals surface area contributed by atoms with Gasteiger partial charge in [0.25, 0.3) is 0 Å². The second kappa shape index (κ2) is 8.78. The van der Waals surface area contributed by atoms with Crippen LogP contribution in [0, 0.1) is 5.82 Å². The average Bonchev–Trinajstić information content (AvgIpc) is 3.13. The summed E-state index contributed by atoms with van der Waals surface area (Å²) in [4.78, 5) is 16.9. The molecule has 0 aliphatic rings. The van der Waals surface area contributed by atoms with Gasteiger partial charge >= 0.3 is 5.97 Å². The van der Waals surface area contributed by atoms with Gasteiger partial charge in [-0.1, -0.05) is 54.1 Å². The highest BCUT2D eigenvalue weighted by Gasteiger charge is 2.24. The first-order chi connectivity index (χ1) is 14.5. The third-order valence-electron chi connectivity index (χ3n) is 4.73. The molecule has 4 rings (SSSR count). The maximum absolute atomic E-state index is 13.4. The van der Waals surface area contributed by atoms with Crippen molar-refractivity contribution >= 4 is 28.9 Å². The number of benzene rings is 3. The lowest BCUT2D eigenvalue weighted by Gasteiger charge is -2.16. The van der Waals surface area contributed by atoms with Crippen LogP contribution in [0.4, 0.5) is 4.39 Å². The van der Waals surface area contributed by atoms with Gasteiger partial charge < -0.3 is 5.11 Å². The fourth-order valence-corrected chi connectivity index (χ4v) is 4.72. The van der Waals surface area contributed by atoms with Gasteiger partial charge in [0.2, 0.25) is 0 Å². The minimum Gasteiger partial charge on any atom is -0.481 e. The molecule has 1 N–H and O–H groups in total. The van der Waals surface area contributed by atoms with Crippen molar-refractivity contribution in [2.45, 2.75) is 12.3 Å². The standard InChI is InChI=1S/C24H17ClFNO2S/c25-18-10-6-16(7-11-18)22(15-4-2-1-3-5-15)24-27-23(20(30-24)14-21(28)29)17-8-12-19(26)13-9-17/h1-13,22H,14H2,(H,28,29). The lowest BCUT2D eigenvalue weighted by Crippen LogP contribution is -2.02. The van der Waals surface area contributed by atoms with Crippen LogP contribution in [0.5, 0.6) is 0 Å². The molecule has 0 aliphatic carbocycles. The maximum Gasteiger partial charge on any atom is 0.308 e. The summed E-state index contributed by atoms with van der Waals surface area (Å²) in [7, 11) is 0. The summed E-state index contributed by atoms with van der Waals surface area (Å²) in [5, 5.41) is 10.8. The Morgan fingerprint density at radius 1 is 0.967 bits per heavy atom. The van der Waals surface area contributed by atoms with Gasteiger partial charge in [-0.25, -0.2) is 9.37 Å². The van der Waals surface area contributed by atoms with E-state index in [1.165, 1.54) is 23.5 Å². The van der Waals surface area contributed by atoms with Crippen LogP contribution in [0.15, 0.2) is 78.9 Å². The van der Waals surface area contributed by atoms with E-state index >= 15 is 0 Å². The van der Waals surface area contributed by atoms with Crippen LogP contribution in [0.1, 0.15) is 26.9 Å². The first-order valence-electron chi connectivity index (χ1n) is 9.29. The SMILES string of the molecule is O=C(O)Cc1sc(C(c2ccccc2)c2ccc(Cl)cc2)nc1-c1ccc(F)cc1. The Morgan fingerprint density at radius 2 is 1.60 bits per heavy atom. The molecule has 30 heavy (non-hydrogen) atoms. The van der Waals surface area contributed by atoms with Crippen molar-refractivity contribution in [3.05, 3.63) is 111 Å². The van der Waals surface area contributed by atoms with Gasteiger partial charge in [0.15, 0.2) is 0 Å². The van der Waals surface area contributed by atoms with E-state index in [1.54, 1.807) is 12.1 Å². The largest absolute Gasteiger partial charge is 0.481 e. The molecule has 0 saturated heterocycles. The monoisotopic (exact) mass is 437 g/mol. The Bertz CT molecular complexity index is 1160. The summed E-state index contributed by atoms with van der Waals surface area (Å²) in [6, 6.07) is 23.5. The summed E-state index contributed by atoms with van der Waals surface area (Å²) in [5.74, 6) is -1.45. The fraction of sp³-hybridized carbons (Fsp3) is 0.0833. The smallest absolute Gasteiger partial charge is 0.308 e. The number of hydrogen-bond acceptors (Lipinski definition) is 3. The van der Waals surface area contributed by atoms with Crippen molar-refractivity contribution in [1.82, 2.24) is 4.98 Å². The van der Waals surface area contributed by atoms with Crippen molar-refractivity contribution in [3.8, 4) is 11.3 Å². The molecule has 1 heterocycles. The zero-order chi connectivity index (χ0) is 21.1. The van der Waals surface area contributed by atoms with Crippen LogP contribution in [0.2, 0.25) is 5.02 Å². The van der Waals surface area contributed by atoms with E-state index in [0.717, 1.165) is 16.1 Å². The van der Waals surface area contributed by atoms with E-state index in [1.807, 2.05) is 54.6 Å². The molecule has 4 aromatic rings. The highest BCUT2D eigenvalue weighted by atomic mass is 35.5. The van der Waals surface area contributed by atoms with E-state index in [2.05, 4.69) is 0 Å². The van der Waals surface area contributed by atoms with Crippen LogP contribution >= 0.6 is 22.9 Å². The molecule has 0 saturated carbocycles. The van der Waals surface area contributed by atoms with Gasteiger partial charge in [-0.2, -0.15) is 0 Å². The van der Waals surface area contributed by atoms with Crippen molar-refractivity contribution in [3.63, 3.8) is 0 Å². The number of nitrogens with zero attached hydrogens (tertiary/aromatic N) is 1. The number of rotatable bonds is 6. The molecule has 0 spiro atoms. The first kappa shape index (κ1) is 20.3. The summed E-state index contributed by atoms with van der Waals surface area (Å²) in [6.45, 7) is 0. The topological polar surface area (TPSA) is 50.2 Å². The van der Waals surface area contributed by atoms with Gasteiger partial charge in [-0.15, -0.1) is 11.3 Å². The highest BCUT2D eigenvalue weighted by molar-refractivity contribution is 7.12. The molecular formula is C24H17ClFNO2S. The second-order valence-corrected chi connectivity index (χ2v) is 8.35. The van der Waals surface area contributed by atoms with Crippen molar-refractivity contribution in [2.24, 2.45) is 0 Å². The Kier molecular flexibility index (Phi) is 5.93. The molecule has 3 nitrogen and oxygen atoms in total. The molecule has 150 valence electrons. The van der Waals surface area contributed by atoms with Crippen molar-refractivity contribution in [1.29, 1.82) is 0 Å². The number of aromatic nitrogens is 1. The lowest BCUT2D eigenvalue weighted by molar-refractivity contribution is -0.136. The van der Waals surface area contributed by atoms with Gasteiger partial charge in [0.1, 0.15) is 10.8 Å². The first-order valence-corrected chi connectivity index (χ1v) is 10.5. The van der Waals surface area contributed by atoms with Crippen LogP contribution in [-0.4, -0.2) is 16.1 Å². The summed E-state index contributed by atoms with van der Waals surface area (Å²) in [6.07, 6.45) is -0.146. The van der Waals surface area contributed by atoms with E-state index in [0.29, 0.717) is 21.2 Å². The van der Waals surface area contributed by atoms with E-state index in [9.17, 15) is 14.3 Å².